The minimum Gasteiger partial charge on any atom is -0.496 e. The maximum absolute atomic E-state index is 6.00. The van der Waals surface area contributed by atoms with Crippen LogP contribution in [0.1, 0.15) is 18.9 Å². The van der Waals surface area contributed by atoms with Crippen molar-refractivity contribution in [1.29, 1.82) is 0 Å². The molecule has 0 aliphatic rings. The molecule has 0 atom stereocenters. The second-order valence-corrected chi connectivity index (χ2v) is 4.37. The zero-order chi connectivity index (χ0) is 14.5. The molecule has 0 amide bonds. The topological polar surface area (TPSA) is 70.3 Å². The molecule has 1 heterocycles. The lowest BCUT2D eigenvalue weighted by molar-refractivity contribution is 0.397. The highest BCUT2D eigenvalue weighted by Crippen LogP contribution is 2.39. The zero-order valence-corrected chi connectivity index (χ0v) is 12.0. The zero-order valence-electron chi connectivity index (χ0n) is 12.0. The fraction of sp³-hybridized carbons (Fsp3) is 0.333. The van der Waals surface area contributed by atoms with Crippen molar-refractivity contribution < 1.29 is 9.47 Å². The standard InChI is InChI=1S/C15H19N3O2/c1-4-6-10-14(17-9-18-15(10)16)13-11(19-2)7-5-8-12(13)20-3/h5,7-9H,4,6H2,1-3H3,(H2,16,17,18). The third-order valence-corrected chi connectivity index (χ3v) is 3.14. The van der Waals surface area contributed by atoms with Gasteiger partial charge in [0.2, 0.25) is 0 Å². The highest BCUT2D eigenvalue weighted by Gasteiger charge is 2.18. The Labute approximate surface area is 118 Å². The van der Waals surface area contributed by atoms with Crippen LogP contribution in [0.15, 0.2) is 24.5 Å². The number of benzene rings is 1. The van der Waals surface area contributed by atoms with Crippen molar-refractivity contribution in [2.75, 3.05) is 20.0 Å². The quantitative estimate of drug-likeness (QED) is 0.907. The molecule has 106 valence electrons. The van der Waals surface area contributed by atoms with Gasteiger partial charge in [0.05, 0.1) is 25.5 Å². The Balaban J connectivity index is 2.70. The molecular formula is C15H19N3O2. The van der Waals surface area contributed by atoms with Crippen LogP contribution in [-0.4, -0.2) is 24.2 Å². The van der Waals surface area contributed by atoms with Gasteiger partial charge in [-0.3, -0.25) is 0 Å². The van der Waals surface area contributed by atoms with Crippen molar-refractivity contribution in [1.82, 2.24) is 9.97 Å². The fourth-order valence-electron chi connectivity index (χ4n) is 2.22. The van der Waals surface area contributed by atoms with Crippen LogP contribution in [0.2, 0.25) is 0 Å². The highest BCUT2D eigenvalue weighted by atomic mass is 16.5. The summed E-state index contributed by atoms with van der Waals surface area (Å²) in [5.41, 5.74) is 8.51. The number of methoxy groups -OCH3 is 2. The number of nitrogen functional groups attached to an aromatic ring is 1. The molecule has 1 aromatic heterocycles. The first-order valence-electron chi connectivity index (χ1n) is 6.53. The van der Waals surface area contributed by atoms with Crippen LogP contribution in [0.5, 0.6) is 11.5 Å². The van der Waals surface area contributed by atoms with E-state index in [1.165, 1.54) is 6.33 Å². The molecular weight excluding hydrogens is 254 g/mol. The fourth-order valence-corrected chi connectivity index (χ4v) is 2.22. The van der Waals surface area contributed by atoms with Gasteiger partial charge in [0.15, 0.2) is 0 Å². The lowest BCUT2D eigenvalue weighted by atomic mass is 10.0. The second-order valence-electron chi connectivity index (χ2n) is 4.37. The van der Waals surface area contributed by atoms with Crippen LogP contribution in [0.3, 0.4) is 0 Å². The van der Waals surface area contributed by atoms with Crippen LogP contribution >= 0.6 is 0 Å². The van der Waals surface area contributed by atoms with E-state index in [0.29, 0.717) is 17.3 Å². The van der Waals surface area contributed by atoms with Crippen LogP contribution < -0.4 is 15.2 Å². The summed E-state index contributed by atoms with van der Waals surface area (Å²) in [5.74, 6) is 1.92. The van der Waals surface area contributed by atoms with E-state index in [2.05, 4.69) is 16.9 Å². The number of hydrogen-bond acceptors (Lipinski definition) is 5. The first kappa shape index (κ1) is 14.1. The van der Waals surface area contributed by atoms with Crippen LogP contribution in [0, 0.1) is 0 Å². The summed E-state index contributed by atoms with van der Waals surface area (Å²) < 4.78 is 10.9. The number of rotatable bonds is 5. The summed E-state index contributed by atoms with van der Waals surface area (Å²) in [6.07, 6.45) is 3.24. The average Bonchev–Trinajstić information content (AvgIpc) is 2.48. The lowest BCUT2D eigenvalue weighted by Gasteiger charge is -2.15. The van der Waals surface area contributed by atoms with E-state index in [1.54, 1.807) is 14.2 Å². The molecule has 2 aromatic rings. The predicted octanol–water partition coefficient (Wildman–Crippen LogP) is 2.70. The number of hydrogen-bond donors (Lipinski definition) is 1. The van der Waals surface area contributed by atoms with E-state index >= 15 is 0 Å². The first-order valence-corrected chi connectivity index (χ1v) is 6.53. The Bertz CT molecular complexity index is 577. The molecule has 20 heavy (non-hydrogen) atoms. The normalized spacial score (nSPS) is 10.3. The van der Waals surface area contributed by atoms with Gasteiger partial charge in [-0.05, 0) is 18.6 Å². The summed E-state index contributed by atoms with van der Waals surface area (Å²) >= 11 is 0. The molecule has 0 fully saturated rings. The Morgan fingerprint density at radius 1 is 1.10 bits per heavy atom. The van der Waals surface area contributed by atoms with Gasteiger partial charge in [-0.2, -0.15) is 0 Å². The van der Waals surface area contributed by atoms with E-state index in [9.17, 15) is 0 Å². The molecule has 0 spiro atoms. The molecule has 0 unspecified atom stereocenters. The number of anilines is 1. The molecule has 5 heteroatoms. The van der Waals surface area contributed by atoms with Crippen LogP contribution in [0.4, 0.5) is 5.82 Å². The largest absolute Gasteiger partial charge is 0.496 e. The summed E-state index contributed by atoms with van der Waals surface area (Å²) in [6, 6.07) is 5.64. The van der Waals surface area contributed by atoms with E-state index in [-0.39, 0.29) is 0 Å². The Morgan fingerprint density at radius 3 is 2.30 bits per heavy atom. The van der Waals surface area contributed by atoms with Crippen molar-refractivity contribution in [2.45, 2.75) is 19.8 Å². The molecule has 0 saturated carbocycles. The lowest BCUT2D eigenvalue weighted by Crippen LogP contribution is -2.04. The molecule has 5 nitrogen and oxygen atoms in total. The number of nitrogens with zero attached hydrogens (tertiary/aromatic N) is 2. The minimum atomic E-state index is 0.504. The highest BCUT2D eigenvalue weighted by molar-refractivity contribution is 5.78. The maximum atomic E-state index is 6.00. The van der Waals surface area contributed by atoms with Gasteiger partial charge >= 0.3 is 0 Å². The van der Waals surface area contributed by atoms with Gasteiger partial charge < -0.3 is 15.2 Å². The third kappa shape index (κ3) is 2.52. The van der Waals surface area contributed by atoms with E-state index in [1.807, 2.05) is 18.2 Å². The van der Waals surface area contributed by atoms with Crippen molar-refractivity contribution in [3.63, 3.8) is 0 Å². The van der Waals surface area contributed by atoms with Gasteiger partial charge in [0.1, 0.15) is 23.6 Å². The van der Waals surface area contributed by atoms with E-state index in [0.717, 1.165) is 29.7 Å². The van der Waals surface area contributed by atoms with E-state index in [4.69, 9.17) is 15.2 Å². The van der Waals surface area contributed by atoms with Crippen molar-refractivity contribution in [3.05, 3.63) is 30.1 Å². The molecule has 0 radical (unpaired) electrons. The van der Waals surface area contributed by atoms with Crippen molar-refractivity contribution in [3.8, 4) is 22.8 Å². The molecule has 0 aliphatic carbocycles. The Hall–Kier alpha value is -2.30. The molecule has 0 aliphatic heterocycles. The van der Waals surface area contributed by atoms with Crippen LogP contribution in [0.25, 0.3) is 11.3 Å². The maximum Gasteiger partial charge on any atom is 0.132 e. The summed E-state index contributed by atoms with van der Waals surface area (Å²) in [6.45, 7) is 2.09. The molecule has 2 N–H and O–H groups in total. The number of ether oxygens (including phenoxy) is 2. The van der Waals surface area contributed by atoms with Gasteiger partial charge in [-0.25, -0.2) is 9.97 Å². The van der Waals surface area contributed by atoms with Crippen molar-refractivity contribution >= 4 is 5.82 Å². The van der Waals surface area contributed by atoms with Gasteiger partial charge in [-0.15, -0.1) is 0 Å². The summed E-state index contributed by atoms with van der Waals surface area (Å²) in [4.78, 5) is 8.47. The number of nitrogens with two attached hydrogens (primary N) is 1. The first-order chi connectivity index (χ1) is 9.72. The second kappa shape index (κ2) is 6.23. The van der Waals surface area contributed by atoms with Gasteiger partial charge in [0, 0.05) is 5.56 Å². The smallest absolute Gasteiger partial charge is 0.132 e. The van der Waals surface area contributed by atoms with E-state index < -0.39 is 0 Å². The third-order valence-electron chi connectivity index (χ3n) is 3.14. The Kier molecular flexibility index (Phi) is 4.40. The molecule has 1 aromatic carbocycles. The average molecular weight is 273 g/mol. The SMILES string of the molecule is CCCc1c(N)ncnc1-c1c(OC)cccc1OC. The predicted molar refractivity (Wildman–Crippen MR) is 79.0 cm³/mol. The Morgan fingerprint density at radius 2 is 1.75 bits per heavy atom. The molecule has 0 saturated heterocycles. The van der Waals surface area contributed by atoms with Crippen LogP contribution in [-0.2, 0) is 6.42 Å². The van der Waals surface area contributed by atoms with Crippen molar-refractivity contribution in [2.24, 2.45) is 0 Å². The molecule has 2 rings (SSSR count). The summed E-state index contributed by atoms with van der Waals surface area (Å²) in [7, 11) is 3.25. The molecule has 0 bridgehead atoms. The summed E-state index contributed by atoms with van der Waals surface area (Å²) in [5, 5.41) is 0. The number of aromatic nitrogens is 2. The van der Waals surface area contributed by atoms with Gasteiger partial charge in [-0.1, -0.05) is 19.4 Å². The monoisotopic (exact) mass is 273 g/mol. The minimum absolute atomic E-state index is 0.504. The van der Waals surface area contributed by atoms with Gasteiger partial charge in [0.25, 0.3) is 0 Å².